The number of rotatable bonds is 6. The number of carbonyl (C=O) groups excluding carboxylic acids is 1. The molecule has 0 bridgehead atoms. The number of nitrogens with one attached hydrogen (secondary N) is 1. The number of hydrogen-bond acceptors (Lipinski definition) is 5. The van der Waals surface area contributed by atoms with Crippen LogP contribution in [0.4, 0.5) is 5.69 Å². The zero-order valence-corrected chi connectivity index (χ0v) is 14.2. The first-order valence-corrected chi connectivity index (χ1v) is 8.03. The van der Waals surface area contributed by atoms with Crippen molar-refractivity contribution in [1.29, 1.82) is 0 Å². The van der Waals surface area contributed by atoms with E-state index in [9.17, 15) is 4.79 Å². The van der Waals surface area contributed by atoms with E-state index in [0.717, 1.165) is 17.3 Å². The number of aromatic nitrogens is 3. The highest BCUT2D eigenvalue weighted by atomic mass is 35.5. The number of thioether (sulfide) groups is 1. The number of amides is 1. The summed E-state index contributed by atoms with van der Waals surface area (Å²) in [6, 6.07) is 7.02. The van der Waals surface area contributed by atoms with E-state index >= 15 is 0 Å². The maximum atomic E-state index is 12.0. The van der Waals surface area contributed by atoms with Crippen LogP contribution in [0.15, 0.2) is 30.6 Å². The van der Waals surface area contributed by atoms with Crippen molar-refractivity contribution in [3.63, 3.8) is 0 Å². The van der Waals surface area contributed by atoms with E-state index in [1.807, 2.05) is 42.0 Å². The Balaban J connectivity index is 0.00000242. The number of carbonyl (C=O) groups is 1. The molecule has 120 valence electrons. The Kier molecular flexibility index (Phi) is 7.37. The molecule has 0 saturated carbocycles. The normalized spacial score (nSPS) is 11.6. The second-order valence-corrected chi connectivity index (χ2v) is 5.66. The van der Waals surface area contributed by atoms with Crippen LogP contribution in [0, 0.1) is 6.92 Å². The first-order valence-electron chi connectivity index (χ1n) is 6.64. The van der Waals surface area contributed by atoms with Crippen LogP contribution in [-0.4, -0.2) is 38.7 Å². The molecule has 1 heterocycles. The summed E-state index contributed by atoms with van der Waals surface area (Å²) in [5, 5.41) is 10.6. The molecule has 22 heavy (non-hydrogen) atoms. The van der Waals surface area contributed by atoms with E-state index in [-0.39, 0.29) is 18.3 Å². The molecule has 0 aliphatic rings. The lowest BCUT2D eigenvalue weighted by molar-refractivity contribution is -0.117. The van der Waals surface area contributed by atoms with Crippen molar-refractivity contribution in [3.8, 4) is 5.69 Å². The van der Waals surface area contributed by atoms with Gasteiger partial charge in [-0.25, -0.2) is 0 Å². The fourth-order valence-electron chi connectivity index (χ4n) is 1.89. The summed E-state index contributed by atoms with van der Waals surface area (Å²) in [4.78, 5) is 12.0. The Morgan fingerprint density at radius 3 is 2.91 bits per heavy atom. The minimum Gasteiger partial charge on any atom is -0.325 e. The zero-order chi connectivity index (χ0) is 15.2. The predicted molar refractivity (Wildman–Crippen MR) is 92.9 cm³/mol. The van der Waals surface area contributed by atoms with Crippen molar-refractivity contribution in [2.75, 3.05) is 17.3 Å². The van der Waals surface area contributed by atoms with Crippen molar-refractivity contribution in [2.24, 2.45) is 5.73 Å². The molecule has 0 radical (unpaired) electrons. The molecule has 1 aromatic heterocycles. The molecule has 0 aliphatic heterocycles. The fourth-order valence-corrected chi connectivity index (χ4v) is 2.38. The largest absolute Gasteiger partial charge is 0.325 e. The molecule has 1 aromatic carbocycles. The molecule has 3 N–H and O–H groups in total. The maximum absolute atomic E-state index is 12.0. The van der Waals surface area contributed by atoms with Crippen molar-refractivity contribution in [1.82, 2.24) is 14.8 Å². The summed E-state index contributed by atoms with van der Waals surface area (Å²) in [5.41, 5.74) is 7.47. The topological polar surface area (TPSA) is 85.8 Å². The van der Waals surface area contributed by atoms with Gasteiger partial charge in [0, 0.05) is 5.69 Å². The van der Waals surface area contributed by atoms with Gasteiger partial charge in [-0.3, -0.25) is 9.36 Å². The molecule has 1 amide bonds. The molecular weight excluding hydrogens is 322 g/mol. The van der Waals surface area contributed by atoms with Gasteiger partial charge in [-0.1, -0.05) is 6.07 Å². The van der Waals surface area contributed by atoms with E-state index in [4.69, 9.17) is 5.73 Å². The molecule has 8 heteroatoms. The van der Waals surface area contributed by atoms with Gasteiger partial charge in [0.25, 0.3) is 0 Å². The average Bonchev–Trinajstić information content (AvgIpc) is 2.91. The van der Waals surface area contributed by atoms with Crippen molar-refractivity contribution in [2.45, 2.75) is 19.4 Å². The van der Waals surface area contributed by atoms with Crippen LogP contribution < -0.4 is 11.1 Å². The van der Waals surface area contributed by atoms with Gasteiger partial charge in [0.1, 0.15) is 12.2 Å². The summed E-state index contributed by atoms with van der Waals surface area (Å²) < 4.78 is 1.85. The van der Waals surface area contributed by atoms with Crippen LogP contribution in [0.1, 0.15) is 12.2 Å². The molecule has 0 aliphatic carbocycles. The van der Waals surface area contributed by atoms with Crippen LogP contribution in [-0.2, 0) is 4.79 Å². The highest BCUT2D eigenvalue weighted by Crippen LogP contribution is 2.16. The van der Waals surface area contributed by atoms with Crippen molar-refractivity contribution in [3.05, 3.63) is 36.4 Å². The van der Waals surface area contributed by atoms with Crippen LogP contribution in [0.5, 0.6) is 0 Å². The smallest absolute Gasteiger partial charge is 0.241 e. The van der Waals surface area contributed by atoms with Crippen molar-refractivity contribution < 1.29 is 4.79 Å². The van der Waals surface area contributed by atoms with Gasteiger partial charge in [-0.15, -0.1) is 22.6 Å². The van der Waals surface area contributed by atoms with E-state index in [0.29, 0.717) is 12.1 Å². The zero-order valence-electron chi connectivity index (χ0n) is 12.5. The first-order chi connectivity index (χ1) is 10.1. The summed E-state index contributed by atoms with van der Waals surface area (Å²) >= 11 is 1.68. The molecule has 1 unspecified atom stereocenters. The molecule has 0 fully saturated rings. The van der Waals surface area contributed by atoms with Gasteiger partial charge in [-0.2, -0.15) is 11.8 Å². The Hall–Kier alpha value is -1.57. The number of nitrogens with two attached hydrogens (primary N) is 1. The molecule has 0 saturated heterocycles. The number of halogens is 1. The lowest BCUT2D eigenvalue weighted by Crippen LogP contribution is -2.36. The second-order valence-electron chi connectivity index (χ2n) is 4.68. The molecule has 1 atom stereocenters. The number of hydrogen-bond donors (Lipinski definition) is 2. The van der Waals surface area contributed by atoms with Gasteiger partial charge < -0.3 is 11.1 Å². The molecule has 0 spiro atoms. The van der Waals surface area contributed by atoms with E-state index in [1.54, 1.807) is 18.1 Å². The molecule has 2 rings (SSSR count). The summed E-state index contributed by atoms with van der Waals surface area (Å²) in [5.74, 6) is 1.49. The van der Waals surface area contributed by atoms with Crippen LogP contribution in [0.2, 0.25) is 0 Å². The minimum atomic E-state index is -0.488. The Bertz CT molecular complexity index is 619. The summed E-state index contributed by atoms with van der Waals surface area (Å²) in [6.45, 7) is 1.87. The molecule has 2 aromatic rings. The van der Waals surface area contributed by atoms with Gasteiger partial charge in [0.05, 0.1) is 11.7 Å². The van der Waals surface area contributed by atoms with Crippen molar-refractivity contribution >= 4 is 35.8 Å². The molecular formula is C14H20ClN5OS. The number of nitrogens with zero attached hydrogens (tertiary/aromatic N) is 3. The lowest BCUT2D eigenvalue weighted by Gasteiger charge is -2.12. The number of aryl methyl sites for hydroxylation is 1. The minimum absolute atomic E-state index is 0. The van der Waals surface area contributed by atoms with E-state index in [1.165, 1.54) is 0 Å². The van der Waals surface area contributed by atoms with Crippen LogP contribution in [0.25, 0.3) is 5.69 Å². The summed E-state index contributed by atoms with van der Waals surface area (Å²) in [7, 11) is 0. The Morgan fingerprint density at radius 1 is 1.50 bits per heavy atom. The SMILES string of the molecule is CSCCC(N)C(=O)Nc1cccc(-n2cnnc2C)c1.Cl. The highest BCUT2D eigenvalue weighted by Gasteiger charge is 2.13. The maximum Gasteiger partial charge on any atom is 0.241 e. The quantitative estimate of drug-likeness (QED) is 0.839. The van der Waals surface area contributed by atoms with E-state index < -0.39 is 6.04 Å². The Morgan fingerprint density at radius 2 is 2.27 bits per heavy atom. The van der Waals surface area contributed by atoms with Gasteiger partial charge in [0.15, 0.2) is 0 Å². The third kappa shape index (κ3) is 4.72. The highest BCUT2D eigenvalue weighted by molar-refractivity contribution is 7.98. The van der Waals surface area contributed by atoms with Gasteiger partial charge in [0.2, 0.25) is 5.91 Å². The van der Waals surface area contributed by atoms with Gasteiger partial charge >= 0.3 is 0 Å². The molecule has 6 nitrogen and oxygen atoms in total. The predicted octanol–water partition coefficient (Wildman–Crippen LogP) is 2.02. The third-order valence-corrected chi connectivity index (χ3v) is 3.72. The fraction of sp³-hybridized carbons (Fsp3) is 0.357. The summed E-state index contributed by atoms with van der Waals surface area (Å²) in [6.07, 6.45) is 4.30. The monoisotopic (exact) mass is 341 g/mol. The van der Waals surface area contributed by atoms with Crippen LogP contribution >= 0.6 is 24.2 Å². The third-order valence-electron chi connectivity index (χ3n) is 3.08. The second kappa shape index (κ2) is 8.77. The van der Waals surface area contributed by atoms with Gasteiger partial charge in [-0.05, 0) is 43.6 Å². The van der Waals surface area contributed by atoms with E-state index in [2.05, 4.69) is 15.5 Å². The first kappa shape index (κ1) is 18.5. The standard InChI is InChI=1S/C14H19N5OS.ClH/c1-10-18-16-9-19(10)12-5-3-4-11(8-12)17-14(20)13(15)6-7-21-2;/h3-5,8-9,13H,6-7,15H2,1-2H3,(H,17,20);1H. The number of benzene rings is 1. The van der Waals surface area contributed by atoms with Crippen LogP contribution in [0.3, 0.4) is 0 Å². The lowest BCUT2D eigenvalue weighted by atomic mass is 10.2. The number of anilines is 1. The Labute approximate surface area is 140 Å². The average molecular weight is 342 g/mol.